The standard InChI is InChI=1S/C14H19NO/c1-9-7-10(2)13(11(3)8-9)14(16)12-5-4-6-15-12/h7-8,12,15H,4-6H2,1-3H3. The maximum absolute atomic E-state index is 12.3. The van der Waals surface area contributed by atoms with Gasteiger partial charge in [-0.15, -0.1) is 0 Å². The SMILES string of the molecule is Cc1cc(C)c(C(=O)C2CCCN2)c(C)c1. The zero-order valence-corrected chi connectivity index (χ0v) is 10.3. The second kappa shape index (κ2) is 4.38. The molecule has 1 aromatic rings. The Morgan fingerprint density at radius 1 is 1.25 bits per heavy atom. The molecule has 1 N–H and O–H groups in total. The van der Waals surface area contributed by atoms with E-state index < -0.39 is 0 Å². The number of nitrogens with one attached hydrogen (secondary N) is 1. The average Bonchev–Trinajstić information content (AvgIpc) is 2.67. The molecule has 1 fully saturated rings. The third kappa shape index (κ3) is 2.03. The summed E-state index contributed by atoms with van der Waals surface area (Å²) in [4.78, 5) is 12.3. The van der Waals surface area contributed by atoms with Crippen LogP contribution in [0.15, 0.2) is 12.1 Å². The number of hydrogen-bond donors (Lipinski definition) is 1. The Labute approximate surface area is 97.1 Å². The van der Waals surface area contributed by atoms with Crippen molar-refractivity contribution in [2.45, 2.75) is 39.7 Å². The summed E-state index contributed by atoms with van der Waals surface area (Å²) >= 11 is 0. The third-order valence-electron chi connectivity index (χ3n) is 3.30. The highest BCUT2D eigenvalue weighted by molar-refractivity contribution is 6.02. The number of carbonyl (C=O) groups is 1. The van der Waals surface area contributed by atoms with Crippen molar-refractivity contribution >= 4 is 5.78 Å². The average molecular weight is 217 g/mol. The van der Waals surface area contributed by atoms with Gasteiger partial charge in [-0.1, -0.05) is 17.7 Å². The van der Waals surface area contributed by atoms with Crippen molar-refractivity contribution in [1.29, 1.82) is 0 Å². The van der Waals surface area contributed by atoms with Crippen molar-refractivity contribution in [2.24, 2.45) is 0 Å². The first-order chi connectivity index (χ1) is 7.59. The molecule has 2 rings (SSSR count). The van der Waals surface area contributed by atoms with Gasteiger partial charge in [-0.05, 0) is 51.3 Å². The minimum absolute atomic E-state index is 0.0418. The Morgan fingerprint density at radius 2 is 1.88 bits per heavy atom. The van der Waals surface area contributed by atoms with E-state index in [0.717, 1.165) is 36.1 Å². The summed E-state index contributed by atoms with van der Waals surface area (Å²) in [5.74, 6) is 0.271. The van der Waals surface area contributed by atoms with E-state index in [1.165, 1.54) is 5.56 Å². The van der Waals surface area contributed by atoms with Crippen LogP contribution in [0.4, 0.5) is 0 Å². The van der Waals surface area contributed by atoms with Crippen LogP contribution in [0.1, 0.15) is 39.9 Å². The summed E-state index contributed by atoms with van der Waals surface area (Å²) in [5.41, 5.74) is 4.36. The van der Waals surface area contributed by atoms with Crippen LogP contribution in [-0.4, -0.2) is 18.4 Å². The molecule has 16 heavy (non-hydrogen) atoms. The largest absolute Gasteiger partial charge is 0.307 e. The summed E-state index contributed by atoms with van der Waals surface area (Å²) in [7, 11) is 0. The zero-order valence-electron chi connectivity index (χ0n) is 10.3. The molecule has 0 aliphatic carbocycles. The number of aryl methyl sites for hydroxylation is 3. The molecule has 1 heterocycles. The molecule has 1 atom stereocenters. The Bertz CT molecular complexity index is 394. The van der Waals surface area contributed by atoms with E-state index in [1.807, 2.05) is 13.8 Å². The molecule has 1 saturated heterocycles. The fourth-order valence-electron chi connectivity index (χ4n) is 2.65. The van der Waals surface area contributed by atoms with Gasteiger partial charge in [0.25, 0.3) is 0 Å². The van der Waals surface area contributed by atoms with Crippen molar-refractivity contribution in [3.8, 4) is 0 Å². The predicted octanol–water partition coefficient (Wildman–Crippen LogP) is 2.55. The number of benzene rings is 1. The maximum atomic E-state index is 12.3. The van der Waals surface area contributed by atoms with Crippen molar-refractivity contribution in [2.75, 3.05) is 6.54 Å². The Balaban J connectivity index is 2.35. The molecular formula is C14H19NO. The van der Waals surface area contributed by atoms with Gasteiger partial charge in [0.2, 0.25) is 0 Å². The maximum Gasteiger partial charge on any atom is 0.180 e. The molecule has 0 saturated carbocycles. The monoisotopic (exact) mass is 217 g/mol. The van der Waals surface area contributed by atoms with Crippen molar-refractivity contribution in [1.82, 2.24) is 5.32 Å². The lowest BCUT2D eigenvalue weighted by Gasteiger charge is -2.14. The summed E-state index contributed by atoms with van der Waals surface area (Å²) in [6.45, 7) is 7.10. The minimum Gasteiger partial charge on any atom is -0.307 e. The molecular weight excluding hydrogens is 198 g/mol. The Morgan fingerprint density at radius 3 is 2.38 bits per heavy atom. The van der Waals surface area contributed by atoms with Gasteiger partial charge in [0, 0.05) is 5.56 Å². The summed E-state index contributed by atoms with van der Waals surface area (Å²) in [6.07, 6.45) is 2.09. The van der Waals surface area contributed by atoms with Crippen LogP contribution in [0.5, 0.6) is 0 Å². The fourth-order valence-corrected chi connectivity index (χ4v) is 2.65. The van der Waals surface area contributed by atoms with E-state index in [4.69, 9.17) is 0 Å². The third-order valence-corrected chi connectivity index (χ3v) is 3.30. The molecule has 2 nitrogen and oxygen atoms in total. The Hall–Kier alpha value is -1.15. The molecule has 0 aromatic heterocycles. The lowest BCUT2D eigenvalue weighted by atomic mass is 9.93. The van der Waals surface area contributed by atoms with E-state index in [9.17, 15) is 4.79 Å². The molecule has 2 heteroatoms. The van der Waals surface area contributed by atoms with Gasteiger partial charge >= 0.3 is 0 Å². The lowest BCUT2D eigenvalue weighted by Crippen LogP contribution is -2.31. The second-order valence-electron chi connectivity index (χ2n) is 4.79. The fraction of sp³-hybridized carbons (Fsp3) is 0.500. The molecule has 0 amide bonds. The van der Waals surface area contributed by atoms with Gasteiger partial charge in [-0.25, -0.2) is 0 Å². The van der Waals surface area contributed by atoms with Crippen LogP contribution >= 0.6 is 0 Å². The number of carbonyl (C=O) groups excluding carboxylic acids is 1. The number of Topliss-reactive ketones (excluding diaryl/α,β-unsaturated/α-hetero) is 1. The number of ketones is 1. The van der Waals surface area contributed by atoms with Gasteiger partial charge in [-0.3, -0.25) is 4.79 Å². The smallest absolute Gasteiger partial charge is 0.180 e. The summed E-state index contributed by atoms with van der Waals surface area (Å²) < 4.78 is 0. The van der Waals surface area contributed by atoms with Crippen LogP contribution < -0.4 is 5.32 Å². The first-order valence-corrected chi connectivity index (χ1v) is 5.95. The van der Waals surface area contributed by atoms with Crippen LogP contribution in [0.25, 0.3) is 0 Å². The lowest BCUT2D eigenvalue weighted by molar-refractivity contribution is 0.0951. The van der Waals surface area contributed by atoms with Crippen molar-refractivity contribution in [3.63, 3.8) is 0 Å². The summed E-state index contributed by atoms with van der Waals surface area (Å²) in [5, 5.41) is 3.27. The van der Waals surface area contributed by atoms with Gasteiger partial charge in [0.1, 0.15) is 0 Å². The molecule has 0 radical (unpaired) electrons. The first-order valence-electron chi connectivity index (χ1n) is 5.95. The molecule has 86 valence electrons. The van der Waals surface area contributed by atoms with Crippen LogP contribution in [0.2, 0.25) is 0 Å². The van der Waals surface area contributed by atoms with E-state index >= 15 is 0 Å². The van der Waals surface area contributed by atoms with E-state index in [-0.39, 0.29) is 11.8 Å². The molecule has 1 unspecified atom stereocenters. The molecule has 1 aliphatic heterocycles. The molecule has 1 aromatic carbocycles. The first kappa shape index (κ1) is 11.3. The topological polar surface area (TPSA) is 29.1 Å². The van der Waals surface area contributed by atoms with Gasteiger partial charge in [0.15, 0.2) is 5.78 Å². The quantitative estimate of drug-likeness (QED) is 0.771. The molecule has 0 bridgehead atoms. The number of rotatable bonds is 2. The van der Waals surface area contributed by atoms with Gasteiger partial charge in [0.05, 0.1) is 6.04 Å². The Kier molecular flexibility index (Phi) is 3.10. The molecule has 1 aliphatic rings. The van der Waals surface area contributed by atoms with Gasteiger partial charge in [-0.2, -0.15) is 0 Å². The molecule has 0 spiro atoms. The highest BCUT2D eigenvalue weighted by Crippen LogP contribution is 2.20. The van der Waals surface area contributed by atoms with E-state index in [1.54, 1.807) is 0 Å². The summed E-state index contributed by atoms with van der Waals surface area (Å²) in [6, 6.07) is 4.23. The number of hydrogen-bond acceptors (Lipinski definition) is 2. The van der Waals surface area contributed by atoms with E-state index in [0.29, 0.717) is 0 Å². The van der Waals surface area contributed by atoms with Crippen LogP contribution in [-0.2, 0) is 0 Å². The predicted molar refractivity (Wildman–Crippen MR) is 66.0 cm³/mol. The highest BCUT2D eigenvalue weighted by Gasteiger charge is 2.25. The van der Waals surface area contributed by atoms with Crippen LogP contribution in [0.3, 0.4) is 0 Å². The minimum atomic E-state index is 0.0418. The van der Waals surface area contributed by atoms with Gasteiger partial charge < -0.3 is 5.32 Å². The van der Waals surface area contributed by atoms with Crippen molar-refractivity contribution < 1.29 is 4.79 Å². The van der Waals surface area contributed by atoms with E-state index in [2.05, 4.69) is 24.4 Å². The second-order valence-corrected chi connectivity index (χ2v) is 4.79. The normalized spacial score (nSPS) is 20.1. The zero-order chi connectivity index (χ0) is 11.7. The highest BCUT2D eigenvalue weighted by atomic mass is 16.1. The van der Waals surface area contributed by atoms with Crippen LogP contribution in [0, 0.1) is 20.8 Å². The van der Waals surface area contributed by atoms with Crippen molar-refractivity contribution in [3.05, 3.63) is 34.4 Å².